The maximum absolute atomic E-state index is 12.6. The van der Waals surface area contributed by atoms with Crippen molar-refractivity contribution in [3.05, 3.63) is 36.6 Å². The molecule has 2 unspecified atom stereocenters. The van der Waals surface area contributed by atoms with Crippen molar-refractivity contribution in [3.63, 3.8) is 0 Å². The molecule has 2 atom stereocenters. The van der Waals surface area contributed by atoms with Gasteiger partial charge in [0.05, 0.1) is 43.4 Å². The normalized spacial score (nSPS) is 23.5. The number of imidazole rings is 1. The molecule has 0 aliphatic carbocycles. The van der Waals surface area contributed by atoms with Gasteiger partial charge >= 0.3 is 6.09 Å². The second-order valence-electron chi connectivity index (χ2n) is 7.49. The Balaban J connectivity index is 1.66. The van der Waals surface area contributed by atoms with Crippen molar-refractivity contribution < 1.29 is 14.3 Å². The molecule has 0 N–H and O–H groups in total. The first-order valence-electron chi connectivity index (χ1n) is 8.49. The van der Waals surface area contributed by atoms with Crippen molar-refractivity contribution in [2.24, 2.45) is 0 Å². The summed E-state index contributed by atoms with van der Waals surface area (Å²) >= 11 is 0. The number of amides is 1. The molecule has 2 aromatic heterocycles. The van der Waals surface area contributed by atoms with E-state index in [4.69, 9.17) is 9.47 Å². The summed E-state index contributed by atoms with van der Waals surface area (Å²) in [6, 6.07) is -0.147. The summed E-state index contributed by atoms with van der Waals surface area (Å²) in [5.74, 6) is 0. The number of carbonyl (C=O) groups excluding carboxylic acids is 1. The number of carbonyl (C=O) groups is 1. The van der Waals surface area contributed by atoms with Crippen LogP contribution in [0, 0.1) is 0 Å². The van der Waals surface area contributed by atoms with Crippen molar-refractivity contribution in [2.75, 3.05) is 13.2 Å². The molecule has 132 valence electrons. The van der Waals surface area contributed by atoms with Crippen LogP contribution in [0.3, 0.4) is 0 Å². The third-order valence-electron chi connectivity index (χ3n) is 4.45. The zero-order valence-corrected chi connectivity index (χ0v) is 14.7. The predicted octanol–water partition coefficient (Wildman–Crippen LogP) is 2.52. The highest BCUT2D eigenvalue weighted by Gasteiger charge is 2.40. The van der Waals surface area contributed by atoms with Gasteiger partial charge in [-0.25, -0.2) is 9.78 Å². The highest BCUT2D eigenvalue weighted by atomic mass is 16.6. The molecule has 0 radical (unpaired) electrons. The van der Waals surface area contributed by atoms with Gasteiger partial charge in [-0.15, -0.1) is 0 Å². The number of hydrogen-bond acceptors (Lipinski definition) is 5. The first kappa shape index (κ1) is 16.1. The van der Waals surface area contributed by atoms with Crippen LogP contribution in [-0.4, -0.2) is 56.3 Å². The lowest BCUT2D eigenvalue weighted by molar-refractivity contribution is -0.0511. The molecule has 1 amide bonds. The van der Waals surface area contributed by atoms with Gasteiger partial charge in [0.15, 0.2) is 5.65 Å². The number of nitrogens with zero attached hydrogens (tertiary/aromatic N) is 4. The summed E-state index contributed by atoms with van der Waals surface area (Å²) < 4.78 is 13.3. The molecule has 1 fully saturated rings. The van der Waals surface area contributed by atoms with Crippen LogP contribution < -0.4 is 0 Å². The maximum atomic E-state index is 12.6. The lowest BCUT2D eigenvalue weighted by Gasteiger charge is -2.44. The average molecular weight is 342 g/mol. The Morgan fingerprint density at radius 3 is 2.92 bits per heavy atom. The number of hydrogen-bond donors (Lipinski definition) is 0. The van der Waals surface area contributed by atoms with Gasteiger partial charge in [0.2, 0.25) is 0 Å². The molecule has 7 heteroatoms. The van der Waals surface area contributed by atoms with E-state index in [1.54, 1.807) is 12.4 Å². The zero-order chi connectivity index (χ0) is 17.6. The standard InChI is InChI=1S/C18H22N4O3/c1-18(2,3)25-17(23)22-13-6-12(7-14(22)11-24-10-13)15-8-20-16-9-19-4-5-21(15)16/h4-6,8-9,13-14H,7,10-11H2,1-3H3. The monoisotopic (exact) mass is 342 g/mol. The third kappa shape index (κ3) is 3.00. The molecule has 2 aromatic rings. The van der Waals surface area contributed by atoms with E-state index in [9.17, 15) is 4.79 Å². The van der Waals surface area contributed by atoms with Crippen LogP contribution in [0.25, 0.3) is 11.2 Å². The number of aromatic nitrogens is 3. The number of fused-ring (bicyclic) bond motifs is 3. The van der Waals surface area contributed by atoms with Gasteiger partial charge in [-0.3, -0.25) is 14.3 Å². The Morgan fingerprint density at radius 1 is 1.32 bits per heavy atom. The Bertz CT molecular complexity index is 836. The summed E-state index contributed by atoms with van der Waals surface area (Å²) in [6.45, 7) is 6.65. The van der Waals surface area contributed by atoms with Crippen LogP contribution in [0.5, 0.6) is 0 Å². The van der Waals surface area contributed by atoms with E-state index in [2.05, 4.69) is 16.0 Å². The minimum absolute atomic E-state index is 0.0269. The Morgan fingerprint density at radius 2 is 2.16 bits per heavy atom. The summed E-state index contributed by atoms with van der Waals surface area (Å²) in [6.07, 6.45) is 9.80. The molecule has 25 heavy (non-hydrogen) atoms. The first-order chi connectivity index (χ1) is 11.9. The number of rotatable bonds is 1. The van der Waals surface area contributed by atoms with Crippen molar-refractivity contribution in [1.82, 2.24) is 19.3 Å². The first-order valence-corrected chi connectivity index (χ1v) is 8.49. The van der Waals surface area contributed by atoms with E-state index >= 15 is 0 Å². The lowest BCUT2D eigenvalue weighted by Crippen LogP contribution is -2.57. The van der Waals surface area contributed by atoms with Gasteiger partial charge < -0.3 is 9.47 Å². The summed E-state index contributed by atoms with van der Waals surface area (Å²) in [4.78, 5) is 23.0. The maximum Gasteiger partial charge on any atom is 0.411 e. The fourth-order valence-corrected chi connectivity index (χ4v) is 3.46. The third-order valence-corrected chi connectivity index (χ3v) is 4.45. The van der Waals surface area contributed by atoms with Crippen LogP contribution >= 0.6 is 0 Å². The van der Waals surface area contributed by atoms with Crippen LogP contribution in [-0.2, 0) is 9.47 Å². The van der Waals surface area contributed by atoms with Gasteiger partial charge in [0.1, 0.15) is 5.60 Å². The molecule has 2 bridgehead atoms. The van der Waals surface area contributed by atoms with Crippen molar-refractivity contribution >= 4 is 17.3 Å². The molecule has 0 spiro atoms. The highest BCUT2D eigenvalue weighted by molar-refractivity contribution is 5.74. The van der Waals surface area contributed by atoms with Crippen LogP contribution in [0.2, 0.25) is 0 Å². The fraction of sp³-hybridized carbons (Fsp3) is 0.500. The second kappa shape index (κ2) is 5.84. The highest BCUT2D eigenvalue weighted by Crippen LogP contribution is 2.33. The topological polar surface area (TPSA) is 69.0 Å². The molecule has 2 aliphatic rings. The summed E-state index contributed by atoms with van der Waals surface area (Å²) in [7, 11) is 0. The second-order valence-corrected chi connectivity index (χ2v) is 7.49. The van der Waals surface area contributed by atoms with Crippen molar-refractivity contribution in [2.45, 2.75) is 44.9 Å². The Labute approximate surface area is 146 Å². The van der Waals surface area contributed by atoms with E-state index in [0.717, 1.165) is 11.3 Å². The van der Waals surface area contributed by atoms with Gasteiger partial charge in [-0.05, 0) is 32.8 Å². The van der Waals surface area contributed by atoms with E-state index in [1.807, 2.05) is 42.5 Å². The van der Waals surface area contributed by atoms with Gasteiger partial charge in [0, 0.05) is 12.4 Å². The van der Waals surface area contributed by atoms with Crippen LogP contribution in [0.15, 0.2) is 30.9 Å². The zero-order valence-electron chi connectivity index (χ0n) is 14.7. The lowest BCUT2D eigenvalue weighted by atomic mass is 9.93. The average Bonchev–Trinajstić information content (AvgIpc) is 2.96. The van der Waals surface area contributed by atoms with Crippen LogP contribution in [0.1, 0.15) is 32.9 Å². The van der Waals surface area contributed by atoms with Crippen molar-refractivity contribution in [1.29, 1.82) is 0 Å². The van der Waals surface area contributed by atoms with E-state index in [0.29, 0.717) is 19.6 Å². The molecule has 2 aliphatic heterocycles. The van der Waals surface area contributed by atoms with Crippen LogP contribution in [0.4, 0.5) is 4.79 Å². The smallest absolute Gasteiger partial charge is 0.411 e. The molecule has 4 heterocycles. The summed E-state index contributed by atoms with van der Waals surface area (Å²) in [5, 5.41) is 0. The number of morpholine rings is 1. The minimum Gasteiger partial charge on any atom is -0.444 e. The quantitative estimate of drug-likeness (QED) is 0.796. The number of ether oxygens (including phenoxy) is 2. The molecule has 4 rings (SSSR count). The van der Waals surface area contributed by atoms with Crippen molar-refractivity contribution in [3.8, 4) is 0 Å². The minimum atomic E-state index is -0.509. The Hall–Kier alpha value is -2.41. The van der Waals surface area contributed by atoms with E-state index in [1.165, 1.54) is 5.57 Å². The molecule has 0 saturated carbocycles. The van der Waals surface area contributed by atoms with Gasteiger partial charge in [-0.2, -0.15) is 0 Å². The molecular weight excluding hydrogens is 320 g/mol. The molecule has 7 nitrogen and oxygen atoms in total. The predicted molar refractivity (Wildman–Crippen MR) is 92.0 cm³/mol. The molecule has 0 aromatic carbocycles. The summed E-state index contributed by atoms with van der Waals surface area (Å²) in [5.41, 5.74) is 2.52. The Kier molecular flexibility index (Phi) is 3.76. The van der Waals surface area contributed by atoms with E-state index < -0.39 is 5.60 Å². The molecule has 1 saturated heterocycles. The van der Waals surface area contributed by atoms with E-state index in [-0.39, 0.29) is 18.2 Å². The molecular formula is C18H22N4O3. The largest absolute Gasteiger partial charge is 0.444 e. The van der Waals surface area contributed by atoms with Gasteiger partial charge in [0.25, 0.3) is 0 Å². The van der Waals surface area contributed by atoms with Gasteiger partial charge in [-0.1, -0.05) is 6.08 Å². The SMILES string of the molecule is CC(C)(C)OC(=O)N1C2C=C(c3cnc4cnccn34)CC1COC2. The fourth-order valence-electron chi connectivity index (χ4n) is 3.46.